The molecule has 0 radical (unpaired) electrons. The Morgan fingerprint density at radius 1 is 1.22 bits per heavy atom. The fourth-order valence-electron chi connectivity index (χ4n) is 3.27. The van der Waals surface area contributed by atoms with Crippen molar-refractivity contribution < 1.29 is 9.90 Å². The number of hydrogen-bond donors (Lipinski definition) is 2. The molecule has 0 unspecified atom stereocenters. The predicted molar refractivity (Wildman–Crippen MR) is 94.3 cm³/mol. The molecule has 0 spiro atoms. The van der Waals surface area contributed by atoms with Gasteiger partial charge < -0.3 is 15.6 Å². The smallest absolute Gasteiger partial charge is 0.141 e. The molecular weight excluding hydrogens is 288 g/mol. The van der Waals surface area contributed by atoms with E-state index in [1.807, 2.05) is 12.1 Å². The third kappa shape index (κ3) is 5.23. The highest BCUT2D eigenvalue weighted by Crippen LogP contribution is 2.37. The number of carbonyl (C=O) groups excluding carboxylic acids is 1. The van der Waals surface area contributed by atoms with E-state index in [0.29, 0.717) is 23.5 Å². The Labute approximate surface area is 138 Å². The summed E-state index contributed by atoms with van der Waals surface area (Å²) in [6.07, 6.45) is 6.62. The molecule has 0 bridgehead atoms. The van der Waals surface area contributed by atoms with Gasteiger partial charge in [0.15, 0.2) is 0 Å². The Morgan fingerprint density at radius 3 is 2.35 bits per heavy atom. The summed E-state index contributed by atoms with van der Waals surface area (Å²) < 4.78 is 0. The summed E-state index contributed by atoms with van der Waals surface area (Å²) in [5.41, 5.74) is 7.50. The molecule has 1 aliphatic rings. The number of carbonyl (C=O) groups is 1. The molecule has 1 aromatic rings. The van der Waals surface area contributed by atoms with Crippen LogP contribution in [0, 0.1) is 5.92 Å². The molecular formula is C19H26N2O2. The van der Waals surface area contributed by atoms with E-state index in [9.17, 15) is 9.90 Å². The Kier molecular flexibility index (Phi) is 5.97. The largest absolute Gasteiger partial charge is 0.506 e. The average Bonchev–Trinajstić information content (AvgIpc) is 2.53. The number of nitrogens with two attached hydrogens (primary N) is 1. The maximum absolute atomic E-state index is 11.2. The summed E-state index contributed by atoms with van der Waals surface area (Å²) in [7, 11) is 0. The van der Waals surface area contributed by atoms with Gasteiger partial charge in [0.2, 0.25) is 0 Å². The van der Waals surface area contributed by atoms with Crippen LogP contribution >= 0.6 is 0 Å². The fourth-order valence-corrected chi connectivity index (χ4v) is 3.27. The van der Waals surface area contributed by atoms with Crippen molar-refractivity contribution >= 4 is 17.4 Å². The molecule has 0 aliphatic heterocycles. The highest BCUT2D eigenvalue weighted by Gasteiger charge is 2.23. The van der Waals surface area contributed by atoms with Crippen molar-refractivity contribution in [2.45, 2.75) is 51.9 Å². The first-order valence-electron chi connectivity index (χ1n) is 8.24. The Bertz CT molecular complexity index is 590. The van der Waals surface area contributed by atoms with Gasteiger partial charge in [0.1, 0.15) is 11.5 Å². The summed E-state index contributed by atoms with van der Waals surface area (Å²) in [4.78, 5) is 15.1. The molecule has 0 aromatic heterocycles. The van der Waals surface area contributed by atoms with E-state index in [4.69, 9.17) is 5.73 Å². The third-order valence-electron chi connectivity index (χ3n) is 4.49. The minimum Gasteiger partial charge on any atom is -0.506 e. The first kappa shape index (κ1) is 17.3. The SMILES string of the molecule is CC(=O)C[C@H]1CC[C@@H](c2ccc(/C(O)=C/N=C(\C)N)cc2)CC1. The average molecular weight is 314 g/mol. The van der Waals surface area contributed by atoms with Crippen molar-refractivity contribution in [2.24, 2.45) is 16.6 Å². The van der Waals surface area contributed by atoms with Gasteiger partial charge in [-0.25, -0.2) is 4.99 Å². The number of amidine groups is 1. The van der Waals surface area contributed by atoms with Gasteiger partial charge >= 0.3 is 0 Å². The molecule has 23 heavy (non-hydrogen) atoms. The number of benzene rings is 1. The van der Waals surface area contributed by atoms with Crippen LogP contribution in [-0.2, 0) is 4.79 Å². The molecule has 4 heteroatoms. The van der Waals surface area contributed by atoms with Crippen LogP contribution in [-0.4, -0.2) is 16.7 Å². The lowest BCUT2D eigenvalue weighted by molar-refractivity contribution is -0.118. The Hall–Kier alpha value is -2.10. The Balaban J connectivity index is 1.97. The summed E-state index contributed by atoms with van der Waals surface area (Å²) in [6, 6.07) is 8.00. The molecule has 124 valence electrons. The lowest BCUT2D eigenvalue weighted by Crippen LogP contribution is -2.15. The predicted octanol–water partition coefficient (Wildman–Crippen LogP) is 4.17. The van der Waals surface area contributed by atoms with Crippen molar-refractivity contribution in [3.05, 3.63) is 41.6 Å². The van der Waals surface area contributed by atoms with Crippen molar-refractivity contribution in [3.8, 4) is 0 Å². The second-order valence-corrected chi connectivity index (χ2v) is 6.53. The molecule has 2 rings (SSSR count). The standard InChI is InChI=1S/C19H26N2O2/c1-13(22)11-15-3-5-16(6-4-15)17-7-9-18(10-8-17)19(23)12-21-14(2)20/h7-10,12,15-16,23H,3-6,11H2,1-2H3,(H2,20,21)/b19-12-/t15-,16+. The molecule has 1 aromatic carbocycles. The normalized spacial score (nSPS) is 22.9. The number of nitrogens with zero attached hydrogens (tertiary/aromatic N) is 1. The maximum atomic E-state index is 11.2. The topological polar surface area (TPSA) is 75.7 Å². The van der Waals surface area contributed by atoms with Gasteiger partial charge in [0, 0.05) is 12.0 Å². The van der Waals surface area contributed by atoms with E-state index in [1.165, 1.54) is 11.8 Å². The van der Waals surface area contributed by atoms with Crippen molar-refractivity contribution in [2.75, 3.05) is 0 Å². The number of aliphatic hydroxyl groups excluding tert-OH is 1. The van der Waals surface area contributed by atoms with Crippen LogP contribution in [0.3, 0.4) is 0 Å². The zero-order valence-corrected chi connectivity index (χ0v) is 14.0. The lowest BCUT2D eigenvalue weighted by atomic mass is 9.77. The van der Waals surface area contributed by atoms with Crippen LogP contribution < -0.4 is 5.73 Å². The van der Waals surface area contributed by atoms with Crippen LogP contribution in [0.2, 0.25) is 0 Å². The summed E-state index contributed by atoms with van der Waals surface area (Å²) in [5, 5.41) is 9.96. The van der Waals surface area contributed by atoms with Crippen LogP contribution in [0.25, 0.3) is 5.76 Å². The third-order valence-corrected chi connectivity index (χ3v) is 4.49. The van der Waals surface area contributed by atoms with E-state index in [2.05, 4.69) is 17.1 Å². The maximum Gasteiger partial charge on any atom is 0.141 e. The first-order chi connectivity index (χ1) is 11.0. The van der Waals surface area contributed by atoms with Crippen LogP contribution in [0.15, 0.2) is 35.5 Å². The van der Waals surface area contributed by atoms with Crippen molar-refractivity contribution in [1.29, 1.82) is 0 Å². The van der Waals surface area contributed by atoms with E-state index < -0.39 is 0 Å². The molecule has 0 heterocycles. The van der Waals surface area contributed by atoms with Gasteiger partial charge in [-0.15, -0.1) is 0 Å². The number of hydrogen-bond acceptors (Lipinski definition) is 3. The number of Topliss-reactive ketones (excluding diaryl/α,β-unsaturated/α-hetero) is 1. The molecule has 3 N–H and O–H groups in total. The second-order valence-electron chi connectivity index (χ2n) is 6.53. The van der Waals surface area contributed by atoms with Gasteiger partial charge in [0.05, 0.1) is 12.0 Å². The monoisotopic (exact) mass is 314 g/mol. The Morgan fingerprint density at radius 2 is 1.83 bits per heavy atom. The van der Waals surface area contributed by atoms with Gasteiger partial charge in [-0.05, 0) is 56.9 Å². The van der Waals surface area contributed by atoms with Crippen molar-refractivity contribution in [1.82, 2.24) is 0 Å². The number of aliphatic imine (C=N–C) groups is 1. The van der Waals surface area contributed by atoms with Crippen molar-refractivity contribution in [3.63, 3.8) is 0 Å². The van der Waals surface area contributed by atoms with Gasteiger partial charge in [-0.2, -0.15) is 0 Å². The molecule has 0 saturated heterocycles. The molecule has 4 nitrogen and oxygen atoms in total. The highest BCUT2D eigenvalue weighted by molar-refractivity contribution is 5.78. The quantitative estimate of drug-likeness (QED) is 0.486. The van der Waals surface area contributed by atoms with E-state index in [1.54, 1.807) is 13.8 Å². The zero-order valence-electron chi connectivity index (χ0n) is 14.0. The molecule has 1 saturated carbocycles. The van der Waals surface area contributed by atoms with Crippen LogP contribution in [0.4, 0.5) is 0 Å². The fraction of sp³-hybridized carbons (Fsp3) is 0.474. The minimum atomic E-state index is 0.117. The first-order valence-corrected chi connectivity index (χ1v) is 8.24. The second kappa shape index (κ2) is 7.95. The summed E-state index contributed by atoms with van der Waals surface area (Å²) in [6.45, 7) is 3.36. The highest BCUT2D eigenvalue weighted by atomic mass is 16.3. The number of ketones is 1. The van der Waals surface area contributed by atoms with E-state index in [-0.39, 0.29) is 5.76 Å². The lowest BCUT2D eigenvalue weighted by Gasteiger charge is -2.28. The summed E-state index contributed by atoms with van der Waals surface area (Å²) >= 11 is 0. The zero-order chi connectivity index (χ0) is 16.8. The van der Waals surface area contributed by atoms with Gasteiger partial charge in [-0.3, -0.25) is 0 Å². The van der Waals surface area contributed by atoms with E-state index in [0.717, 1.165) is 37.7 Å². The number of aliphatic hydroxyl groups is 1. The summed E-state index contributed by atoms with van der Waals surface area (Å²) in [5.74, 6) is 1.95. The molecule has 0 atom stereocenters. The molecule has 0 amide bonds. The van der Waals surface area contributed by atoms with Gasteiger partial charge in [-0.1, -0.05) is 24.3 Å². The molecule has 1 fully saturated rings. The van der Waals surface area contributed by atoms with E-state index >= 15 is 0 Å². The minimum absolute atomic E-state index is 0.117. The van der Waals surface area contributed by atoms with Gasteiger partial charge in [0.25, 0.3) is 0 Å². The molecule has 1 aliphatic carbocycles. The van der Waals surface area contributed by atoms with Crippen LogP contribution in [0.1, 0.15) is 63.0 Å². The van der Waals surface area contributed by atoms with Crippen LogP contribution in [0.5, 0.6) is 0 Å². The number of rotatable bonds is 5.